The van der Waals surface area contributed by atoms with Crippen LogP contribution in [0.4, 0.5) is 0 Å². The molecule has 0 bridgehead atoms. The summed E-state index contributed by atoms with van der Waals surface area (Å²) in [6.45, 7) is 0. The molecule has 3 rings (SSSR count). The Kier molecular flexibility index (Phi) is 2.66. The smallest absolute Gasteiger partial charge is 0.150 e. The van der Waals surface area contributed by atoms with Crippen LogP contribution in [0.25, 0.3) is 21.9 Å². The predicted molar refractivity (Wildman–Crippen MR) is 74.8 cm³/mol. The van der Waals surface area contributed by atoms with Crippen LogP contribution in [0.1, 0.15) is 10.4 Å². The van der Waals surface area contributed by atoms with E-state index in [1.807, 2.05) is 48.5 Å². The molecule has 0 aromatic heterocycles. The van der Waals surface area contributed by atoms with Gasteiger partial charge in [-0.1, -0.05) is 66.7 Å². The summed E-state index contributed by atoms with van der Waals surface area (Å²) in [4.78, 5) is 11.2. The minimum Gasteiger partial charge on any atom is -0.298 e. The fourth-order valence-corrected chi connectivity index (χ4v) is 2.33. The van der Waals surface area contributed by atoms with Crippen molar-refractivity contribution in [2.75, 3.05) is 0 Å². The average molecular weight is 232 g/mol. The molecule has 3 aromatic carbocycles. The molecule has 86 valence electrons. The van der Waals surface area contributed by atoms with Gasteiger partial charge in [0.05, 0.1) is 0 Å². The second kappa shape index (κ2) is 4.46. The van der Waals surface area contributed by atoms with Gasteiger partial charge in [0.15, 0.2) is 6.29 Å². The first-order valence-electron chi connectivity index (χ1n) is 5.92. The number of rotatable bonds is 2. The van der Waals surface area contributed by atoms with Gasteiger partial charge in [0, 0.05) is 5.56 Å². The van der Waals surface area contributed by atoms with Crippen LogP contribution in [-0.4, -0.2) is 6.29 Å². The molecule has 0 amide bonds. The van der Waals surface area contributed by atoms with E-state index in [-0.39, 0.29) is 0 Å². The molecule has 0 aliphatic carbocycles. The topological polar surface area (TPSA) is 17.1 Å². The maximum Gasteiger partial charge on any atom is 0.150 e. The molecular weight excluding hydrogens is 220 g/mol. The summed E-state index contributed by atoms with van der Waals surface area (Å²) in [6.07, 6.45) is 0.925. The van der Waals surface area contributed by atoms with Crippen molar-refractivity contribution in [1.29, 1.82) is 0 Å². The van der Waals surface area contributed by atoms with Gasteiger partial charge in [-0.25, -0.2) is 0 Å². The lowest BCUT2D eigenvalue weighted by molar-refractivity contribution is 0.112. The normalized spacial score (nSPS) is 10.4. The van der Waals surface area contributed by atoms with Gasteiger partial charge in [-0.15, -0.1) is 0 Å². The largest absolute Gasteiger partial charge is 0.298 e. The maximum atomic E-state index is 11.2. The molecule has 0 saturated heterocycles. The van der Waals surface area contributed by atoms with E-state index in [4.69, 9.17) is 0 Å². The van der Waals surface area contributed by atoms with Crippen LogP contribution in [0.3, 0.4) is 0 Å². The van der Waals surface area contributed by atoms with E-state index in [0.29, 0.717) is 0 Å². The van der Waals surface area contributed by atoms with Crippen LogP contribution in [-0.2, 0) is 0 Å². The molecule has 0 atom stereocenters. The van der Waals surface area contributed by atoms with Gasteiger partial charge in [0.25, 0.3) is 0 Å². The van der Waals surface area contributed by atoms with E-state index in [2.05, 4.69) is 18.2 Å². The summed E-state index contributed by atoms with van der Waals surface area (Å²) in [6, 6.07) is 22.1. The van der Waals surface area contributed by atoms with Crippen molar-refractivity contribution < 1.29 is 4.79 Å². The van der Waals surface area contributed by atoms with Gasteiger partial charge in [-0.2, -0.15) is 0 Å². The van der Waals surface area contributed by atoms with Crippen molar-refractivity contribution >= 4 is 17.1 Å². The van der Waals surface area contributed by atoms with Gasteiger partial charge < -0.3 is 0 Å². The van der Waals surface area contributed by atoms with Gasteiger partial charge in [-0.3, -0.25) is 4.79 Å². The molecule has 0 aliphatic heterocycles. The van der Waals surface area contributed by atoms with Crippen LogP contribution >= 0.6 is 0 Å². The highest BCUT2D eigenvalue weighted by atomic mass is 16.1. The van der Waals surface area contributed by atoms with Crippen molar-refractivity contribution in [3.8, 4) is 11.1 Å². The zero-order valence-corrected chi connectivity index (χ0v) is 9.84. The third kappa shape index (κ3) is 1.70. The number of carbonyl (C=O) groups excluding carboxylic acids is 1. The number of hydrogen-bond donors (Lipinski definition) is 0. The summed E-state index contributed by atoms with van der Waals surface area (Å²) in [5, 5.41) is 2.13. The molecule has 0 unspecified atom stereocenters. The van der Waals surface area contributed by atoms with E-state index >= 15 is 0 Å². The molecule has 0 radical (unpaired) electrons. The Bertz CT molecular complexity index is 694. The van der Waals surface area contributed by atoms with Crippen molar-refractivity contribution in [2.45, 2.75) is 0 Å². The van der Waals surface area contributed by atoms with Gasteiger partial charge in [0.2, 0.25) is 0 Å². The minimum absolute atomic E-state index is 0.743. The predicted octanol–water partition coefficient (Wildman–Crippen LogP) is 4.32. The summed E-state index contributed by atoms with van der Waals surface area (Å²) in [7, 11) is 0. The van der Waals surface area contributed by atoms with Crippen LogP contribution in [0.2, 0.25) is 0 Å². The second-order valence-corrected chi connectivity index (χ2v) is 4.23. The molecule has 1 nitrogen and oxygen atoms in total. The molecule has 0 heterocycles. The van der Waals surface area contributed by atoms with Crippen LogP contribution < -0.4 is 0 Å². The first kappa shape index (κ1) is 10.7. The monoisotopic (exact) mass is 232 g/mol. The van der Waals surface area contributed by atoms with Crippen molar-refractivity contribution in [1.82, 2.24) is 0 Å². The summed E-state index contributed by atoms with van der Waals surface area (Å²) < 4.78 is 0. The maximum absolute atomic E-state index is 11.2. The highest BCUT2D eigenvalue weighted by Crippen LogP contribution is 2.30. The number of hydrogen-bond acceptors (Lipinski definition) is 1. The fraction of sp³-hybridized carbons (Fsp3) is 0. The van der Waals surface area contributed by atoms with Crippen molar-refractivity contribution in [3.05, 3.63) is 72.3 Å². The Hall–Kier alpha value is -2.41. The van der Waals surface area contributed by atoms with E-state index in [1.165, 1.54) is 0 Å². The molecule has 0 saturated carbocycles. The molecular formula is C17H12O. The van der Waals surface area contributed by atoms with Crippen molar-refractivity contribution in [3.63, 3.8) is 0 Å². The second-order valence-electron chi connectivity index (χ2n) is 4.23. The number of aldehydes is 1. The lowest BCUT2D eigenvalue weighted by atomic mass is 9.95. The highest BCUT2D eigenvalue weighted by molar-refractivity contribution is 6.06. The molecule has 0 N–H and O–H groups in total. The van der Waals surface area contributed by atoms with E-state index in [1.54, 1.807) is 0 Å². The van der Waals surface area contributed by atoms with Crippen LogP contribution in [0.5, 0.6) is 0 Å². The summed E-state index contributed by atoms with van der Waals surface area (Å²) >= 11 is 0. The highest BCUT2D eigenvalue weighted by Gasteiger charge is 2.06. The lowest BCUT2D eigenvalue weighted by Crippen LogP contribution is -1.87. The number of fused-ring (bicyclic) bond motifs is 1. The molecule has 0 spiro atoms. The first-order chi connectivity index (χ1) is 8.90. The van der Waals surface area contributed by atoms with Crippen molar-refractivity contribution in [2.24, 2.45) is 0 Å². The van der Waals surface area contributed by atoms with Gasteiger partial charge in [-0.05, 0) is 21.9 Å². The Morgan fingerprint density at radius 3 is 2.17 bits per heavy atom. The minimum atomic E-state index is 0.743. The quantitative estimate of drug-likeness (QED) is 0.601. The number of carbonyl (C=O) groups is 1. The molecule has 1 heteroatoms. The standard InChI is InChI=1S/C17H12O/c18-12-15-10-4-8-14-9-5-11-16(17(14)15)13-6-2-1-3-7-13/h1-12H. The lowest BCUT2D eigenvalue weighted by Gasteiger charge is -2.08. The molecule has 0 aliphatic rings. The number of benzene rings is 3. The average Bonchev–Trinajstić information content (AvgIpc) is 2.47. The Labute approximate surface area is 106 Å². The zero-order chi connectivity index (χ0) is 12.4. The third-order valence-corrected chi connectivity index (χ3v) is 3.15. The molecule has 3 aromatic rings. The fourth-order valence-electron chi connectivity index (χ4n) is 2.33. The SMILES string of the molecule is O=Cc1cccc2cccc(-c3ccccc3)c12. The van der Waals surface area contributed by atoms with E-state index in [9.17, 15) is 4.79 Å². The van der Waals surface area contributed by atoms with Crippen LogP contribution in [0.15, 0.2) is 66.7 Å². The Balaban J connectivity index is 2.40. The third-order valence-electron chi connectivity index (χ3n) is 3.15. The van der Waals surface area contributed by atoms with Gasteiger partial charge in [0.1, 0.15) is 0 Å². The molecule has 18 heavy (non-hydrogen) atoms. The first-order valence-corrected chi connectivity index (χ1v) is 5.92. The zero-order valence-electron chi connectivity index (χ0n) is 9.84. The summed E-state index contributed by atoms with van der Waals surface area (Å²) in [5.74, 6) is 0. The van der Waals surface area contributed by atoms with Crippen LogP contribution in [0, 0.1) is 0 Å². The van der Waals surface area contributed by atoms with Gasteiger partial charge >= 0.3 is 0 Å². The Morgan fingerprint density at radius 1 is 0.722 bits per heavy atom. The van der Waals surface area contributed by atoms with E-state index < -0.39 is 0 Å². The molecule has 0 fully saturated rings. The summed E-state index contributed by atoms with van der Waals surface area (Å²) in [5.41, 5.74) is 2.99. The Morgan fingerprint density at radius 2 is 1.44 bits per heavy atom. The van der Waals surface area contributed by atoms with E-state index in [0.717, 1.165) is 33.7 Å².